The van der Waals surface area contributed by atoms with Gasteiger partial charge in [0.05, 0.1) is 18.7 Å². The molecule has 35 heavy (non-hydrogen) atoms. The molecule has 0 atom stereocenters. The van der Waals surface area contributed by atoms with Crippen molar-refractivity contribution in [2.45, 2.75) is 39.2 Å². The SMILES string of the molecule is COc1cc2c(cc1NC(=O)COC(=O)C1CCN(C(=O)OC(C)(C)C)CC1)oc1ccccc12. The Morgan fingerprint density at radius 1 is 1.06 bits per heavy atom. The predicted octanol–water partition coefficient (Wildman–Crippen LogP) is 4.72. The van der Waals surface area contributed by atoms with E-state index in [0.29, 0.717) is 43.0 Å². The first kappa shape index (κ1) is 24.4. The van der Waals surface area contributed by atoms with Crippen molar-refractivity contribution in [2.24, 2.45) is 5.92 Å². The zero-order chi connectivity index (χ0) is 25.2. The monoisotopic (exact) mass is 482 g/mol. The molecule has 2 aromatic carbocycles. The molecule has 0 saturated carbocycles. The Morgan fingerprint density at radius 3 is 2.46 bits per heavy atom. The molecular formula is C26H30N2O7. The van der Waals surface area contributed by atoms with E-state index in [1.54, 1.807) is 17.0 Å². The fourth-order valence-corrected chi connectivity index (χ4v) is 4.08. The van der Waals surface area contributed by atoms with Crippen LogP contribution in [0.1, 0.15) is 33.6 Å². The van der Waals surface area contributed by atoms with Gasteiger partial charge in [0.25, 0.3) is 5.91 Å². The summed E-state index contributed by atoms with van der Waals surface area (Å²) in [6.45, 7) is 5.80. The molecule has 9 heteroatoms. The number of hydrogen-bond donors (Lipinski definition) is 1. The number of nitrogens with one attached hydrogen (secondary N) is 1. The van der Waals surface area contributed by atoms with Crippen LogP contribution in [0.3, 0.4) is 0 Å². The molecule has 2 heterocycles. The summed E-state index contributed by atoms with van der Waals surface area (Å²) in [7, 11) is 1.52. The van der Waals surface area contributed by atoms with Gasteiger partial charge in [0.15, 0.2) is 6.61 Å². The van der Waals surface area contributed by atoms with E-state index in [-0.39, 0.29) is 12.0 Å². The number of piperidine rings is 1. The Balaban J connectivity index is 1.32. The number of carbonyl (C=O) groups is 3. The second-order valence-electron chi connectivity index (χ2n) is 9.54. The molecule has 0 bridgehead atoms. The molecule has 1 aliphatic heterocycles. The number of amides is 2. The number of hydrogen-bond acceptors (Lipinski definition) is 7. The predicted molar refractivity (Wildman–Crippen MR) is 130 cm³/mol. The summed E-state index contributed by atoms with van der Waals surface area (Å²) >= 11 is 0. The maximum absolute atomic E-state index is 12.5. The van der Waals surface area contributed by atoms with Crippen molar-refractivity contribution in [3.63, 3.8) is 0 Å². The third-order valence-corrected chi connectivity index (χ3v) is 5.80. The first-order valence-electron chi connectivity index (χ1n) is 11.6. The van der Waals surface area contributed by atoms with E-state index in [9.17, 15) is 14.4 Å². The van der Waals surface area contributed by atoms with Crippen molar-refractivity contribution < 1.29 is 33.0 Å². The lowest BCUT2D eigenvalue weighted by Gasteiger charge is -2.32. The molecule has 0 unspecified atom stereocenters. The molecule has 1 fully saturated rings. The molecule has 3 aromatic rings. The number of carbonyl (C=O) groups excluding carboxylic acids is 3. The van der Waals surface area contributed by atoms with Crippen LogP contribution in [0.15, 0.2) is 40.8 Å². The van der Waals surface area contributed by atoms with Crippen LogP contribution in [0, 0.1) is 5.92 Å². The van der Waals surface area contributed by atoms with Crippen LogP contribution in [-0.4, -0.2) is 55.3 Å². The topological polar surface area (TPSA) is 107 Å². The van der Waals surface area contributed by atoms with Crippen LogP contribution < -0.4 is 10.1 Å². The number of benzene rings is 2. The molecule has 0 radical (unpaired) electrons. The van der Waals surface area contributed by atoms with Crippen molar-refractivity contribution in [1.82, 2.24) is 4.90 Å². The molecule has 1 N–H and O–H groups in total. The summed E-state index contributed by atoms with van der Waals surface area (Å²) in [4.78, 5) is 38.8. The molecule has 2 amide bonds. The van der Waals surface area contributed by atoms with Crippen molar-refractivity contribution in [3.05, 3.63) is 36.4 Å². The van der Waals surface area contributed by atoms with Gasteiger partial charge < -0.3 is 28.8 Å². The van der Waals surface area contributed by atoms with E-state index in [0.717, 1.165) is 16.4 Å². The molecule has 4 rings (SSSR count). The number of para-hydroxylation sites is 1. The van der Waals surface area contributed by atoms with E-state index in [4.69, 9.17) is 18.6 Å². The summed E-state index contributed by atoms with van der Waals surface area (Å²) < 4.78 is 21.9. The molecule has 1 aliphatic rings. The minimum atomic E-state index is -0.572. The Labute approximate surface area is 203 Å². The lowest BCUT2D eigenvalue weighted by molar-refractivity contribution is -0.153. The van der Waals surface area contributed by atoms with Gasteiger partial charge in [-0.1, -0.05) is 18.2 Å². The smallest absolute Gasteiger partial charge is 0.410 e. The maximum atomic E-state index is 12.5. The standard InChI is InChI=1S/C26H30N2O7/c1-26(2,3)35-25(31)28-11-9-16(10-12-28)24(30)33-15-23(29)27-19-14-21-18(13-22(19)32-4)17-7-5-6-8-20(17)34-21/h5-8,13-14,16H,9-12,15H2,1-4H3,(H,27,29). The summed E-state index contributed by atoms with van der Waals surface area (Å²) in [5, 5.41) is 4.55. The number of fused-ring (bicyclic) bond motifs is 3. The van der Waals surface area contributed by atoms with Gasteiger partial charge in [-0.05, 0) is 45.7 Å². The molecule has 9 nitrogen and oxygen atoms in total. The number of anilines is 1. The van der Waals surface area contributed by atoms with Crippen LogP contribution in [0.25, 0.3) is 21.9 Å². The van der Waals surface area contributed by atoms with Gasteiger partial charge >= 0.3 is 12.1 Å². The van der Waals surface area contributed by atoms with Crippen molar-refractivity contribution in [2.75, 3.05) is 32.1 Å². The van der Waals surface area contributed by atoms with E-state index >= 15 is 0 Å². The average Bonchev–Trinajstić information content (AvgIpc) is 3.18. The Kier molecular flexibility index (Phi) is 6.86. The van der Waals surface area contributed by atoms with Crippen LogP contribution in [0.2, 0.25) is 0 Å². The maximum Gasteiger partial charge on any atom is 0.410 e. The zero-order valence-electron chi connectivity index (χ0n) is 20.4. The van der Waals surface area contributed by atoms with E-state index in [1.165, 1.54) is 7.11 Å². The van der Waals surface area contributed by atoms with Gasteiger partial charge in [0, 0.05) is 29.9 Å². The largest absolute Gasteiger partial charge is 0.495 e. The first-order valence-corrected chi connectivity index (χ1v) is 11.6. The van der Waals surface area contributed by atoms with Crippen molar-refractivity contribution in [1.29, 1.82) is 0 Å². The number of furan rings is 1. The second-order valence-corrected chi connectivity index (χ2v) is 9.54. The average molecular weight is 483 g/mol. The summed E-state index contributed by atoms with van der Waals surface area (Å²) in [6.07, 6.45) is 0.519. The number of likely N-dealkylation sites (tertiary alicyclic amines) is 1. The quantitative estimate of drug-likeness (QED) is 0.524. The van der Waals surface area contributed by atoms with Gasteiger partial charge in [0.2, 0.25) is 0 Å². The third kappa shape index (κ3) is 5.67. The van der Waals surface area contributed by atoms with Crippen molar-refractivity contribution in [3.8, 4) is 5.75 Å². The lowest BCUT2D eigenvalue weighted by Crippen LogP contribution is -2.43. The number of nitrogens with zero attached hydrogens (tertiary/aromatic N) is 1. The van der Waals surface area contributed by atoms with Crippen molar-refractivity contribution >= 4 is 45.6 Å². The first-order chi connectivity index (χ1) is 16.6. The number of ether oxygens (including phenoxy) is 3. The summed E-state index contributed by atoms with van der Waals surface area (Å²) in [5.74, 6) is -0.844. The molecule has 1 saturated heterocycles. The lowest BCUT2D eigenvalue weighted by atomic mass is 9.97. The Hall–Kier alpha value is -3.75. The van der Waals surface area contributed by atoms with E-state index < -0.39 is 24.1 Å². The number of methoxy groups -OCH3 is 1. The van der Waals surface area contributed by atoms with Gasteiger partial charge in [-0.15, -0.1) is 0 Å². The zero-order valence-corrected chi connectivity index (χ0v) is 20.4. The summed E-state index contributed by atoms with van der Waals surface area (Å²) in [5.41, 5.74) is 1.19. The minimum absolute atomic E-state index is 0.372. The summed E-state index contributed by atoms with van der Waals surface area (Å²) in [6, 6.07) is 11.1. The third-order valence-electron chi connectivity index (χ3n) is 5.80. The van der Waals surface area contributed by atoms with Crippen LogP contribution in [0.4, 0.5) is 10.5 Å². The highest BCUT2D eigenvalue weighted by atomic mass is 16.6. The normalized spacial score (nSPS) is 14.7. The highest BCUT2D eigenvalue weighted by molar-refractivity contribution is 6.07. The fourth-order valence-electron chi connectivity index (χ4n) is 4.08. The molecule has 0 aliphatic carbocycles. The van der Waals surface area contributed by atoms with Crippen LogP contribution in [-0.2, 0) is 19.1 Å². The van der Waals surface area contributed by atoms with E-state index in [2.05, 4.69) is 5.32 Å². The Bertz CT molecular complexity index is 1250. The molecule has 1 aromatic heterocycles. The van der Waals surface area contributed by atoms with Gasteiger partial charge in [-0.3, -0.25) is 9.59 Å². The van der Waals surface area contributed by atoms with Gasteiger partial charge in [-0.2, -0.15) is 0 Å². The van der Waals surface area contributed by atoms with Crippen LogP contribution in [0.5, 0.6) is 5.75 Å². The van der Waals surface area contributed by atoms with Crippen LogP contribution >= 0.6 is 0 Å². The molecular weight excluding hydrogens is 452 g/mol. The highest BCUT2D eigenvalue weighted by Crippen LogP contribution is 2.36. The molecule has 0 spiro atoms. The highest BCUT2D eigenvalue weighted by Gasteiger charge is 2.31. The number of esters is 1. The van der Waals surface area contributed by atoms with Gasteiger partial charge in [0.1, 0.15) is 22.5 Å². The number of rotatable bonds is 5. The minimum Gasteiger partial charge on any atom is -0.495 e. The fraction of sp³-hybridized carbons (Fsp3) is 0.423. The molecule has 186 valence electrons. The van der Waals surface area contributed by atoms with Gasteiger partial charge in [-0.25, -0.2) is 4.79 Å². The second kappa shape index (κ2) is 9.85. The van der Waals surface area contributed by atoms with E-state index in [1.807, 2.05) is 45.0 Å². The Morgan fingerprint density at radius 2 is 1.77 bits per heavy atom.